The lowest BCUT2D eigenvalue weighted by Gasteiger charge is -2.26. The molecule has 1 amide bonds. The van der Waals surface area contributed by atoms with Gasteiger partial charge in [-0.05, 0) is 18.1 Å². The second kappa shape index (κ2) is 6.52. The van der Waals surface area contributed by atoms with Gasteiger partial charge in [0.2, 0.25) is 0 Å². The van der Waals surface area contributed by atoms with Crippen LogP contribution in [0.3, 0.4) is 0 Å². The minimum Gasteiger partial charge on any atom is -0.384 e. The number of aromatic nitrogens is 1. The fraction of sp³-hybridized carbons (Fsp3) is 0.571. The fourth-order valence-corrected chi connectivity index (χ4v) is 1.88. The van der Waals surface area contributed by atoms with E-state index in [1.807, 2.05) is 6.07 Å². The second-order valence-corrected chi connectivity index (χ2v) is 5.11. The molecule has 0 saturated carbocycles. The van der Waals surface area contributed by atoms with Crippen molar-refractivity contribution >= 4 is 11.6 Å². The number of rotatable bonds is 4. The molecule has 5 heteroatoms. The summed E-state index contributed by atoms with van der Waals surface area (Å²) in [6.45, 7) is 7.72. The zero-order valence-corrected chi connectivity index (χ0v) is 11.6. The molecule has 5 nitrogen and oxygen atoms in total. The Kier molecular flexibility index (Phi) is 4.74. The quantitative estimate of drug-likeness (QED) is 0.897. The Morgan fingerprint density at radius 1 is 1.42 bits per heavy atom. The number of amides is 1. The Labute approximate surface area is 114 Å². The number of hydrogen-bond donors (Lipinski definition) is 1. The SMILES string of the molecule is CC(C)CNc1ccc(C(=O)N2CCOCC2)nc1. The zero-order valence-electron chi connectivity index (χ0n) is 11.6. The van der Waals surface area contributed by atoms with Crippen molar-refractivity contribution in [1.82, 2.24) is 9.88 Å². The van der Waals surface area contributed by atoms with Gasteiger partial charge in [0.15, 0.2) is 0 Å². The predicted octanol–water partition coefficient (Wildman–Crippen LogP) is 1.62. The van der Waals surface area contributed by atoms with Crippen molar-refractivity contribution < 1.29 is 9.53 Å². The number of carbonyl (C=O) groups excluding carboxylic acids is 1. The zero-order chi connectivity index (χ0) is 13.7. The van der Waals surface area contributed by atoms with Gasteiger partial charge in [0.05, 0.1) is 25.1 Å². The third kappa shape index (κ3) is 3.92. The molecule has 0 unspecified atom stereocenters. The number of nitrogens with zero attached hydrogens (tertiary/aromatic N) is 2. The van der Waals surface area contributed by atoms with E-state index in [1.165, 1.54) is 0 Å². The fourth-order valence-electron chi connectivity index (χ4n) is 1.88. The molecule has 0 aromatic carbocycles. The highest BCUT2D eigenvalue weighted by molar-refractivity contribution is 5.92. The van der Waals surface area contributed by atoms with Crippen LogP contribution in [0.1, 0.15) is 24.3 Å². The molecule has 104 valence electrons. The van der Waals surface area contributed by atoms with Gasteiger partial charge in [-0.15, -0.1) is 0 Å². The van der Waals surface area contributed by atoms with E-state index in [-0.39, 0.29) is 5.91 Å². The number of morpholine rings is 1. The number of carbonyl (C=O) groups is 1. The van der Waals surface area contributed by atoms with Gasteiger partial charge in [-0.25, -0.2) is 4.98 Å². The monoisotopic (exact) mass is 263 g/mol. The van der Waals surface area contributed by atoms with Gasteiger partial charge >= 0.3 is 0 Å². The van der Waals surface area contributed by atoms with Crippen molar-refractivity contribution in [3.8, 4) is 0 Å². The van der Waals surface area contributed by atoms with Crippen molar-refractivity contribution in [3.63, 3.8) is 0 Å². The first-order chi connectivity index (χ1) is 9.16. The lowest BCUT2D eigenvalue weighted by atomic mass is 10.2. The Balaban J connectivity index is 1.95. The Morgan fingerprint density at radius 2 is 2.16 bits per heavy atom. The first-order valence-corrected chi connectivity index (χ1v) is 6.74. The van der Waals surface area contributed by atoms with Crippen LogP contribution in [0.15, 0.2) is 18.3 Å². The topological polar surface area (TPSA) is 54.5 Å². The standard InChI is InChI=1S/C14H21N3O2/c1-11(2)9-15-12-3-4-13(16-10-12)14(18)17-5-7-19-8-6-17/h3-4,10-11,15H,5-9H2,1-2H3. The average Bonchev–Trinajstić information content (AvgIpc) is 2.46. The van der Waals surface area contributed by atoms with E-state index < -0.39 is 0 Å². The predicted molar refractivity (Wildman–Crippen MR) is 74.3 cm³/mol. The van der Waals surface area contributed by atoms with Crippen LogP contribution in [-0.2, 0) is 4.74 Å². The highest BCUT2D eigenvalue weighted by Crippen LogP contribution is 2.10. The number of hydrogen-bond acceptors (Lipinski definition) is 4. The summed E-state index contributed by atoms with van der Waals surface area (Å²) in [6, 6.07) is 3.68. The summed E-state index contributed by atoms with van der Waals surface area (Å²) in [7, 11) is 0. The van der Waals surface area contributed by atoms with E-state index in [0.717, 1.165) is 12.2 Å². The minimum atomic E-state index is -0.0151. The summed E-state index contributed by atoms with van der Waals surface area (Å²) < 4.78 is 5.23. The number of nitrogens with one attached hydrogen (secondary N) is 1. The van der Waals surface area contributed by atoms with Crippen LogP contribution in [0.2, 0.25) is 0 Å². The maximum atomic E-state index is 12.2. The molecule has 2 rings (SSSR count). The third-order valence-corrected chi connectivity index (χ3v) is 3.00. The highest BCUT2D eigenvalue weighted by Gasteiger charge is 2.19. The van der Waals surface area contributed by atoms with Gasteiger partial charge in [0.1, 0.15) is 5.69 Å². The molecule has 0 aliphatic carbocycles. The highest BCUT2D eigenvalue weighted by atomic mass is 16.5. The first-order valence-electron chi connectivity index (χ1n) is 6.74. The summed E-state index contributed by atoms with van der Waals surface area (Å²) in [5.41, 5.74) is 1.45. The van der Waals surface area contributed by atoms with E-state index in [0.29, 0.717) is 37.9 Å². The largest absolute Gasteiger partial charge is 0.384 e. The van der Waals surface area contributed by atoms with Gasteiger partial charge in [-0.3, -0.25) is 4.79 Å². The lowest BCUT2D eigenvalue weighted by Crippen LogP contribution is -2.41. The van der Waals surface area contributed by atoms with Crippen LogP contribution in [0.25, 0.3) is 0 Å². The van der Waals surface area contributed by atoms with Crippen molar-refractivity contribution in [2.75, 3.05) is 38.2 Å². The first kappa shape index (κ1) is 13.8. The molecule has 0 bridgehead atoms. The Bertz CT molecular complexity index is 411. The summed E-state index contributed by atoms with van der Waals surface area (Å²) in [5.74, 6) is 0.563. The van der Waals surface area contributed by atoms with Crippen LogP contribution in [0.5, 0.6) is 0 Å². The summed E-state index contributed by atoms with van der Waals surface area (Å²) in [6.07, 6.45) is 1.72. The third-order valence-electron chi connectivity index (χ3n) is 3.00. The minimum absolute atomic E-state index is 0.0151. The molecule has 0 atom stereocenters. The van der Waals surface area contributed by atoms with Crippen LogP contribution >= 0.6 is 0 Å². The molecule has 0 spiro atoms. The van der Waals surface area contributed by atoms with Gasteiger partial charge in [-0.2, -0.15) is 0 Å². The molecule has 1 aromatic rings. The molecule has 2 heterocycles. The summed E-state index contributed by atoms with van der Waals surface area (Å²) in [4.78, 5) is 18.2. The van der Waals surface area contributed by atoms with Crippen LogP contribution in [0.4, 0.5) is 5.69 Å². The van der Waals surface area contributed by atoms with Crippen LogP contribution in [0, 0.1) is 5.92 Å². The smallest absolute Gasteiger partial charge is 0.272 e. The molecule has 1 fully saturated rings. The maximum absolute atomic E-state index is 12.2. The van der Waals surface area contributed by atoms with Crippen molar-refractivity contribution in [1.29, 1.82) is 0 Å². The number of pyridine rings is 1. The number of ether oxygens (including phenoxy) is 1. The molecular weight excluding hydrogens is 242 g/mol. The molecule has 1 N–H and O–H groups in total. The van der Waals surface area contributed by atoms with Gasteiger partial charge < -0.3 is 15.0 Å². The Hall–Kier alpha value is -1.62. The molecular formula is C14H21N3O2. The van der Waals surface area contributed by atoms with E-state index in [4.69, 9.17) is 4.74 Å². The average molecular weight is 263 g/mol. The Morgan fingerprint density at radius 3 is 2.74 bits per heavy atom. The molecule has 1 aromatic heterocycles. The lowest BCUT2D eigenvalue weighted by molar-refractivity contribution is 0.0299. The molecule has 1 saturated heterocycles. The summed E-state index contributed by atoms with van der Waals surface area (Å²) >= 11 is 0. The van der Waals surface area contributed by atoms with E-state index in [1.54, 1.807) is 17.2 Å². The van der Waals surface area contributed by atoms with Crippen LogP contribution < -0.4 is 5.32 Å². The van der Waals surface area contributed by atoms with E-state index in [9.17, 15) is 4.79 Å². The molecule has 1 aliphatic heterocycles. The summed E-state index contributed by atoms with van der Waals surface area (Å²) in [5, 5.41) is 3.28. The normalized spacial score (nSPS) is 15.6. The van der Waals surface area contributed by atoms with E-state index >= 15 is 0 Å². The molecule has 1 aliphatic rings. The van der Waals surface area contributed by atoms with Gasteiger partial charge in [0.25, 0.3) is 5.91 Å². The number of anilines is 1. The van der Waals surface area contributed by atoms with Crippen molar-refractivity contribution in [2.24, 2.45) is 5.92 Å². The van der Waals surface area contributed by atoms with E-state index in [2.05, 4.69) is 24.1 Å². The van der Waals surface area contributed by atoms with Crippen LogP contribution in [-0.4, -0.2) is 48.6 Å². The maximum Gasteiger partial charge on any atom is 0.272 e. The second-order valence-electron chi connectivity index (χ2n) is 5.11. The molecule has 19 heavy (non-hydrogen) atoms. The van der Waals surface area contributed by atoms with Crippen molar-refractivity contribution in [2.45, 2.75) is 13.8 Å². The van der Waals surface area contributed by atoms with Gasteiger partial charge in [-0.1, -0.05) is 13.8 Å². The van der Waals surface area contributed by atoms with Gasteiger partial charge in [0, 0.05) is 19.6 Å². The van der Waals surface area contributed by atoms with Crippen molar-refractivity contribution in [3.05, 3.63) is 24.0 Å². The molecule has 0 radical (unpaired) electrons.